The van der Waals surface area contributed by atoms with Gasteiger partial charge in [0.05, 0.1) is 18.8 Å². The fourth-order valence-electron chi connectivity index (χ4n) is 2.17. The van der Waals surface area contributed by atoms with Gasteiger partial charge in [0.2, 0.25) is 0 Å². The van der Waals surface area contributed by atoms with Crippen LogP contribution in [0, 0.1) is 5.92 Å². The summed E-state index contributed by atoms with van der Waals surface area (Å²) >= 11 is 0. The zero-order chi connectivity index (χ0) is 20.4. The highest BCUT2D eigenvalue weighted by Crippen LogP contribution is 2.29. The molecule has 0 spiro atoms. The molecule has 0 radical (unpaired) electrons. The van der Waals surface area contributed by atoms with E-state index in [0.29, 0.717) is 12.9 Å². The molecule has 0 aliphatic carbocycles. The normalized spacial score (nSPS) is 15.9. The minimum absolute atomic E-state index is 0.105. The molecule has 10 nitrogen and oxygen atoms in total. The highest BCUT2D eigenvalue weighted by atomic mass is 31.2. The van der Waals surface area contributed by atoms with Crippen LogP contribution in [-0.4, -0.2) is 46.3 Å². The Balaban J connectivity index is 2.55. The molecule has 27 heavy (non-hydrogen) atoms. The Labute approximate surface area is 158 Å². The van der Waals surface area contributed by atoms with E-state index in [1.54, 1.807) is 6.92 Å². The van der Waals surface area contributed by atoms with Crippen molar-refractivity contribution in [1.29, 1.82) is 0 Å². The number of carbonyl (C=O) groups is 1. The van der Waals surface area contributed by atoms with Crippen LogP contribution in [0.2, 0.25) is 0 Å². The van der Waals surface area contributed by atoms with Gasteiger partial charge in [0.15, 0.2) is 0 Å². The van der Waals surface area contributed by atoms with E-state index in [1.807, 2.05) is 20.8 Å². The molecule has 0 bridgehead atoms. The molecule has 11 heteroatoms. The number of carbonyl (C=O) groups excluding carboxylic acids is 1. The van der Waals surface area contributed by atoms with E-state index < -0.39 is 26.0 Å². The lowest BCUT2D eigenvalue weighted by Gasteiger charge is -2.26. The van der Waals surface area contributed by atoms with Crippen LogP contribution < -0.4 is 16.3 Å². The molecule has 1 aromatic rings. The minimum Gasteiger partial charge on any atom is -0.466 e. The number of ether oxygens (including phenoxy) is 2. The molecule has 0 fully saturated rings. The molecule has 4 unspecified atom stereocenters. The van der Waals surface area contributed by atoms with Crippen molar-refractivity contribution in [1.82, 2.24) is 14.6 Å². The van der Waals surface area contributed by atoms with Gasteiger partial charge in [-0.05, 0) is 19.3 Å². The standard InChI is InChI=1S/C16H28N3O7P/c1-5-13(26-12(4)19-7-6-15(21)17-16(19)22)8-25-27(23)18-14(11(2)3)9-24-10-20/h6-7,10-14,18,23H,5,8-9H2,1-4H3,(H,17,21,22). The zero-order valence-corrected chi connectivity index (χ0v) is 16.8. The second-order valence-corrected chi connectivity index (χ2v) is 7.32. The highest BCUT2D eigenvalue weighted by molar-refractivity contribution is 7.43. The molecule has 0 amide bonds. The average molecular weight is 405 g/mol. The SMILES string of the molecule is CCC(COP(O)NC(COC=O)C(C)C)OC(C)n1ccc(=O)[nH]c1=O. The summed E-state index contributed by atoms with van der Waals surface area (Å²) in [6.07, 6.45) is 0.958. The fourth-order valence-corrected chi connectivity index (χ4v) is 3.20. The van der Waals surface area contributed by atoms with Crippen LogP contribution in [0.1, 0.15) is 40.3 Å². The van der Waals surface area contributed by atoms with Crippen LogP contribution in [0.25, 0.3) is 0 Å². The zero-order valence-electron chi connectivity index (χ0n) is 16.0. The lowest BCUT2D eigenvalue weighted by molar-refractivity contribution is -0.129. The van der Waals surface area contributed by atoms with Crippen molar-refractivity contribution in [2.75, 3.05) is 13.2 Å². The first-order valence-corrected chi connectivity index (χ1v) is 9.89. The summed E-state index contributed by atoms with van der Waals surface area (Å²) in [4.78, 5) is 45.5. The Bertz CT molecular complexity index is 678. The monoisotopic (exact) mass is 405 g/mol. The summed E-state index contributed by atoms with van der Waals surface area (Å²) < 4.78 is 17.2. The van der Waals surface area contributed by atoms with E-state index in [4.69, 9.17) is 14.0 Å². The average Bonchev–Trinajstić information content (AvgIpc) is 2.61. The van der Waals surface area contributed by atoms with E-state index >= 15 is 0 Å². The maximum absolute atomic E-state index is 11.8. The molecule has 0 aliphatic heterocycles. The van der Waals surface area contributed by atoms with Crippen LogP contribution in [0.4, 0.5) is 0 Å². The lowest BCUT2D eigenvalue weighted by Crippen LogP contribution is -2.36. The first-order chi connectivity index (χ1) is 12.8. The lowest BCUT2D eigenvalue weighted by atomic mass is 10.1. The van der Waals surface area contributed by atoms with Crippen LogP contribution in [-0.2, 0) is 18.8 Å². The summed E-state index contributed by atoms with van der Waals surface area (Å²) in [6.45, 7) is 8.01. The molecule has 4 atom stereocenters. The van der Waals surface area contributed by atoms with Crippen molar-refractivity contribution in [3.63, 3.8) is 0 Å². The maximum Gasteiger partial charge on any atom is 0.330 e. The van der Waals surface area contributed by atoms with Gasteiger partial charge in [-0.3, -0.25) is 19.1 Å². The topological polar surface area (TPSA) is 132 Å². The second kappa shape index (κ2) is 12.0. The van der Waals surface area contributed by atoms with E-state index in [-0.39, 0.29) is 31.3 Å². The van der Waals surface area contributed by atoms with Crippen molar-refractivity contribution in [2.45, 2.75) is 52.5 Å². The third kappa shape index (κ3) is 8.32. The Morgan fingerprint density at radius 1 is 1.33 bits per heavy atom. The fraction of sp³-hybridized carbons (Fsp3) is 0.688. The van der Waals surface area contributed by atoms with E-state index in [9.17, 15) is 19.3 Å². The van der Waals surface area contributed by atoms with E-state index in [2.05, 4.69) is 10.1 Å². The first-order valence-electron chi connectivity index (χ1n) is 8.68. The largest absolute Gasteiger partial charge is 0.466 e. The van der Waals surface area contributed by atoms with Crippen molar-refractivity contribution < 1.29 is 23.7 Å². The second-order valence-electron chi connectivity index (χ2n) is 6.26. The molecular formula is C16H28N3O7P. The highest BCUT2D eigenvalue weighted by Gasteiger charge is 2.21. The summed E-state index contributed by atoms with van der Waals surface area (Å²) in [7, 11) is -1.94. The number of rotatable bonds is 13. The predicted molar refractivity (Wildman–Crippen MR) is 100 cm³/mol. The summed E-state index contributed by atoms with van der Waals surface area (Å²) in [5.41, 5.74) is -1.04. The number of nitrogens with one attached hydrogen (secondary N) is 2. The van der Waals surface area contributed by atoms with Gasteiger partial charge in [0.1, 0.15) is 12.8 Å². The van der Waals surface area contributed by atoms with Crippen LogP contribution >= 0.6 is 8.53 Å². The smallest absolute Gasteiger partial charge is 0.330 e. The molecule has 0 aliphatic rings. The molecule has 3 N–H and O–H groups in total. The van der Waals surface area contributed by atoms with E-state index in [0.717, 1.165) is 0 Å². The summed E-state index contributed by atoms with van der Waals surface area (Å²) in [6, 6.07) is 0.995. The number of hydrogen-bond acceptors (Lipinski definition) is 8. The number of H-pyrrole nitrogens is 1. The van der Waals surface area contributed by atoms with Crippen molar-refractivity contribution in [2.24, 2.45) is 5.92 Å². The summed E-state index contributed by atoms with van der Waals surface area (Å²) in [5, 5.41) is 2.89. The molecule has 1 rings (SSSR count). The summed E-state index contributed by atoms with van der Waals surface area (Å²) in [5.74, 6) is 0.121. The Kier molecular flexibility index (Phi) is 10.4. The minimum atomic E-state index is -1.94. The number of nitrogens with zero attached hydrogens (tertiary/aromatic N) is 1. The van der Waals surface area contributed by atoms with Gasteiger partial charge in [-0.2, -0.15) is 0 Å². The van der Waals surface area contributed by atoms with Gasteiger partial charge in [-0.15, -0.1) is 0 Å². The molecule has 0 saturated carbocycles. The third-order valence-corrected chi connectivity index (χ3v) is 4.84. The van der Waals surface area contributed by atoms with Crippen LogP contribution in [0.3, 0.4) is 0 Å². The molecule has 1 heterocycles. The Morgan fingerprint density at radius 2 is 2.04 bits per heavy atom. The van der Waals surface area contributed by atoms with Gasteiger partial charge < -0.3 is 18.9 Å². The third-order valence-electron chi connectivity index (χ3n) is 3.90. The maximum atomic E-state index is 11.8. The van der Waals surface area contributed by atoms with Gasteiger partial charge in [-0.25, -0.2) is 9.88 Å². The van der Waals surface area contributed by atoms with Gasteiger partial charge >= 0.3 is 5.69 Å². The van der Waals surface area contributed by atoms with Crippen LogP contribution in [0.5, 0.6) is 0 Å². The predicted octanol–water partition coefficient (Wildman–Crippen LogP) is 0.873. The van der Waals surface area contributed by atoms with E-state index in [1.165, 1.54) is 16.8 Å². The quantitative estimate of drug-likeness (QED) is 0.325. The molecular weight excluding hydrogens is 377 g/mol. The molecule has 154 valence electrons. The van der Waals surface area contributed by atoms with Gasteiger partial charge in [0, 0.05) is 12.3 Å². The molecule has 0 saturated heterocycles. The van der Waals surface area contributed by atoms with Crippen molar-refractivity contribution >= 4 is 15.0 Å². The molecule has 1 aromatic heterocycles. The van der Waals surface area contributed by atoms with Crippen molar-refractivity contribution in [3.05, 3.63) is 33.1 Å². The number of aromatic amines is 1. The Morgan fingerprint density at radius 3 is 2.59 bits per heavy atom. The van der Waals surface area contributed by atoms with Crippen molar-refractivity contribution in [3.8, 4) is 0 Å². The number of aromatic nitrogens is 2. The number of hydrogen-bond donors (Lipinski definition) is 3. The van der Waals surface area contributed by atoms with Gasteiger partial charge in [-0.1, -0.05) is 20.8 Å². The van der Waals surface area contributed by atoms with Crippen LogP contribution in [0.15, 0.2) is 21.9 Å². The van der Waals surface area contributed by atoms with Gasteiger partial charge in [0.25, 0.3) is 20.6 Å². The first kappa shape index (κ1) is 23.5. The molecule has 0 aromatic carbocycles. The Hall–Kier alpha value is -1.58.